The maximum atomic E-state index is 9.09. The first kappa shape index (κ1) is 12.1. The van der Waals surface area contributed by atoms with Gasteiger partial charge < -0.3 is 10.4 Å². The summed E-state index contributed by atoms with van der Waals surface area (Å²) in [4.78, 5) is 0. The van der Waals surface area contributed by atoms with Crippen molar-refractivity contribution in [1.82, 2.24) is 5.32 Å². The third-order valence-electron chi connectivity index (χ3n) is 1.92. The van der Waals surface area contributed by atoms with E-state index in [9.17, 15) is 0 Å². The smallest absolute Gasteiger partial charge is 0.115 e. The topological polar surface area (TPSA) is 32.3 Å². The van der Waals surface area contributed by atoms with Crippen molar-refractivity contribution in [3.05, 3.63) is 42.5 Å². The van der Waals surface area contributed by atoms with Gasteiger partial charge in [-0.15, -0.1) is 6.58 Å². The molecule has 0 saturated carbocycles. The molecule has 1 aromatic rings. The Morgan fingerprint density at radius 3 is 2.73 bits per heavy atom. The van der Waals surface area contributed by atoms with Crippen LogP contribution in [0.25, 0.3) is 0 Å². The highest BCUT2D eigenvalue weighted by Gasteiger charge is 1.92. The summed E-state index contributed by atoms with van der Waals surface area (Å²) in [7, 11) is 0. The number of hydrogen-bond acceptors (Lipinski definition) is 3. The second kappa shape index (κ2) is 7.37. The second-order valence-corrected chi connectivity index (χ2v) is 4.36. The summed E-state index contributed by atoms with van der Waals surface area (Å²) in [6.07, 6.45) is 1.92. The lowest BCUT2D eigenvalue weighted by Crippen LogP contribution is -2.16. The van der Waals surface area contributed by atoms with Crippen LogP contribution in [0.5, 0.6) is 5.75 Å². The first-order chi connectivity index (χ1) is 7.33. The molecule has 0 amide bonds. The number of aromatic hydroxyl groups is 1. The van der Waals surface area contributed by atoms with Gasteiger partial charge in [-0.05, 0) is 17.7 Å². The van der Waals surface area contributed by atoms with Gasteiger partial charge in [-0.3, -0.25) is 0 Å². The third-order valence-corrected chi connectivity index (χ3v) is 2.89. The van der Waals surface area contributed by atoms with E-state index in [4.69, 9.17) is 5.11 Å². The molecule has 2 nitrogen and oxygen atoms in total. The van der Waals surface area contributed by atoms with Gasteiger partial charge in [0.15, 0.2) is 0 Å². The molecule has 3 heteroatoms. The van der Waals surface area contributed by atoms with E-state index in [1.807, 2.05) is 30.0 Å². The SMILES string of the molecule is C=CCSCCNCc1ccc(O)cc1. The number of phenols is 1. The van der Waals surface area contributed by atoms with Crippen LogP contribution in [0.3, 0.4) is 0 Å². The van der Waals surface area contributed by atoms with Crippen LogP contribution in [0.1, 0.15) is 5.56 Å². The Balaban J connectivity index is 2.09. The molecule has 1 rings (SSSR count). The fourth-order valence-electron chi connectivity index (χ4n) is 1.16. The molecule has 0 radical (unpaired) electrons. The van der Waals surface area contributed by atoms with Gasteiger partial charge in [-0.2, -0.15) is 11.8 Å². The van der Waals surface area contributed by atoms with Gasteiger partial charge in [0, 0.05) is 24.6 Å². The highest BCUT2D eigenvalue weighted by molar-refractivity contribution is 7.99. The Kier molecular flexibility index (Phi) is 5.97. The van der Waals surface area contributed by atoms with E-state index >= 15 is 0 Å². The number of nitrogens with one attached hydrogen (secondary N) is 1. The zero-order valence-electron chi connectivity index (χ0n) is 8.78. The van der Waals surface area contributed by atoms with Gasteiger partial charge in [0.2, 0.25) is 0 Å². The monoisotopic (exact) mass is 223 g/mol. The van der Waals surface area contributed by atoms with Crippen molar-refractivity contribution in [1.29, 1.82) is 0 Å². The van der Waals surface area contributed by atoms with Gasteiger partial charge in [-0.25, -0.2) is 0 Å². The molecule has 0 aliphatic carbocycles. The summed E-state index contributed by atoms with van der Waals surface area (Å²) in [5, 5.41) is 12.4. The normalized spacial score (nSPS) is 10.1. The van der Waals surface area contributed by atoms with Gasteiger partial charge in [0.25, 0.3) is 0 Å². The fraction of sp³-hybridized carbons (Fsp3) is 0.333. The minimum absolute atomic E-state index is 0.320. The quantitative estimate of drug-likeness (QED) is 0.550. The molecule has 0 heterocycles. The number of rotatable bonds is 7. The summed E-state index contributed by atoms with van der Waals surface area (Å²) < 4.78 is 0. The molecule has 0 aromatic heterocycles. The van der Waals surface area contributed by atoms with Gasteiger partial charge >= 0.3 is 0 Å². The molecule has 0 saturated heterocycles. The van der Waals surface area contributed by atoms with Crippen LogP contribution in [0.2, 0.25) is 0 Å². The van der Waals surface area contributed by atoms with E-state index in [0.717, 1.165) is 24.6 Å². The summed E-state index contributed by atoms with van der Waals surface area (Å²) in [5.41, 5.74) is 1.20. The Bertz CT molecular complexity index is 284. The lowest BCUT2D eigenvalue weighted by molar-refractivity contribution is 0.475. The van der Waals surface area contributed by atoms with E-state index in [-0.39, 0.29) is 0 Å². The molecule has 0 atom stereocenters. The maximum absolute atomic E-state index is 9.09. The molecular weight excluding hydrogens is 206 g/mol. The Labute approximate surface area is 95.4 Å². The van der Waals surface area contributed by atoms with Crippen LogP contribution in [0, 0.1) is 0 Å². The molecule has 0 aliphatic heterocycles. The number of phenolic OH excluding ortho intramolecular Hbond substituents is 1. The van der Waals surface area contributed by atoms with Crippen molar-refractivity contribution >= 4 is 11.8 Å². The zero-order valence-corrected chi connectivity index (χ0v) is 9.59. The van der Waals surface area contributed by atoms with Crippen molar-refractivity contribution in [2.75, 3.05) is 18.1 Å². The zero-order chi connectivity index (χ0) is 10.9. The summed E-state index contributed by atoms with van der Waals surface area (Å²) >= 11 is 1.87. The van der Waals surface area contributed by atoms with Crippen molar-refractivity contribution in [3.63, 3.8) is 0 Å². The molecule has 0 fully saturated rings. The first-order valence-electron chi connectivity index (χ1n) is 5.00. The minimum atomic E-state index is 0.320. The van der Waals surface area contributed by atoms with Crippen molar-refractivity contribution < 1.29 is 5.11 Å². The molecular formula is C12H17NOS. The molecule has 0 bridgehead atoms. The van der Waals surface area contributed by atoms with Crippen LogP contribution in [0.4, 0.5) is 0 Å². The van der Waals surface area contributed by atoms with E-state index in [0.29, 0.717) is 5.75 Å². The standard InChI is InChI=1S/C12H17NOS/c1-2-8-15-9-7-13-10-11-3-5-12(14)6-4-11/h2-6,13-14H,1,7-10H2. The van der Waals surface area contributed by atoms with Crippen LogP contribution in [-0.2, 0) is 6.54 Å². The van der Waals surface area contributed by atoms with E-state index < -0.39 is 0 Å². The highest BCUT2D eigenvalue weighted by Crippen LogP contribution is 2.09. The number of hydrogen-bond donors (Lipinski definition) is 2. The van der Waals surface area contributed by atoms with Crippen molar-refractivity contribution in [3.8, 4) is 5.75 Å². The van der Waals surface area contributed by atoms with E-state index in [1.165, 1.54) is 5.56 Å². The maximum Gasteiger partial charge on any atom is 0.115 e. The molecule has 2 N–H and O–H groups in total. The van der Waals surface area contributed by atoms with Crippen LogP contribution in [-0.4, -0.2) is 23.2 Å². The molecule has 82 valence electrons. The average Bonchev–Trinajstić information content (AvgIpc) is 2.26. The Hall–Kier alpha value is -0.930. The average molecular weight is 223 g/mol. The van der Waals surface area contributed by atoms with Crippen LogP contribution < -0.4 is 5.32 Å². The summed E-state index contributed by atoms with van der Waals surface area (Å²) in [6.45, 7) is 5.52. The molecule has 1 aromatic carbocycles. The number of thioether (sulfide) groups is 1. The van der Waals surface area contributed by atoms with Gasteiger partial charge in [0.05, 0.1) is 0 Å². The summed E-state index contributed by atoms with van der Waals surface area (Å²) in [5.74, 6) is 2.44. The molecule has 0 spiro atoms. The van der Waals surface area contributed by atoms with Crippen LogP contribution in [0.15, 0.2) is 36.9 Å². The van der Waals surface area contributed by atoms with Gasteiger partial charge in [0.1, 0.15) is 5.75 Å². The molecule has 15 heavy (non-hydrogen) atoms. The highest BCUT2D eigenvalue weighted by atomic mass is 32.2. The van der Waals surface area contributed by atoms with Crippen molar-refractivity contribution in [2.24, 2.45) is 0 Å². The molecule has 0 aliphatic rings. The minimum Gasteiger partial charge on any atom is -0.508 e. The summed E-state index contributed by atoms with van der Waals surface area (Å²) in [6, 6.07) is 7.28. The Morgan fingerprint density at radius 2 is 2.07 bits per heavy atom. The largest absolute Gasteiger partial charge is 0.508 e. The Morgan fingerprint density at radius 1 is 1.33 bits per heavy atom. The van der Waals surface area contributed by atoms with E-state index in [2.05, 4.69) is 11.9 Å². The van der Waals surface area contributed by atoms with E-state index in [1.54, 1.807) is 12.1 Å². The molecule has 0 unspecified atom stereocenters. The second-order valence-electron chi connectivity index (χ2n) is 3.21. The predicted molar refractivity (Wildman–Crippen MR) is 67.3 cm³/mol. The van der Waals surface area contributed by atoms with Gasteiger partial charge in [-0.1, -0.05) is 18.2 Å². The fourth-order valence-corrected chi connectivity index (χ4v) is 1.78. The van der Waals surface area contributed by atoms with Crippen LogP contribution >= 0.6 is 11.8 Å². The predicted octanol–water partition coefficient (Wildman–Crippen LogP) is 2.40. The third kappa shape index (κ3) is 5.50. The van der Waals surface area contributed by atoms with Crippen molar-refractivity contribution in [2.45, 2.75) is 6.54 Å². The number of benzene rings is 1. The first-order valence-corrected chi connectivity index (χ1v) is 6.15. The lowest BCUT2D eigenvalue weighted by Gasteiger charge is -2.04. The lowest BCUT2D eigenvalue weighted by atomic mass is 10.2.